The Hall–Kier alpha value is -2.77. The summed E-state index contributed by atoms with van der Waals surface area (Å²) in [7, 11) is 4.24. The van der Waals surface area contributed by atoms with Crippen molar-refractivity contribution in [2.75, 3.05) is 26.6 Å². The monoisotopic (exact) mass is 366 g/mol. The number of hydrogen-bond acceptors (Lipinski definition) is 5. The van der Waals surface area contributed by atoms with Crippen molar-refractivity contribution in [1.82, 2.24) is 4.90 Å². The number of nitrogens with one attached hydrogen (secondary N) is 1. The number of carbonyl (C=O) groups is 3. The second-order valence-corrected chi connectivity index (χ2v) is 6.89. The van der Waals surface area contributed by atoms with Crippen LogP contribution in [0.25, 0.3) is 0 Å². The first-order chi connectivity index (χ1) is 11.9. The molecule has 0 heterocycles. The van der Waals surface area contributed by atoms with Crippen LogP contribution >= 0.6 is 0 Å². The summed E-state index contributed by atoms with van der Waals surface area (Å²) in [6, 6.07) is 1.86. The normalized spacial score (nSPS) is 12.1. The molecule has 1 aromatic rings. The minimum atomic E-state index is -1.14. The van der Waals surface area contributed by atoms with E-state index in [9.17, 15) is 14.4 Å². The molecule has 0 aliphatic carbocycles. The second-order valence-electron chi connectivity index (χ2n) is 6.89. The smallest absolute Gasteiger partial charge is 0.326 e. The second kappa shape index (κ2) is 8.07. The van der Waals surface area contributed by atoms with E-state index in [0.717, 1.165) is 4.90 Å². The summed E-state index contributed by atoms with van der Waals surface area (Å²) in [6.45, 7) is 6.62. The van der Waals surface area contributed by atoms with Gasteiger partial charge < -0.3 is 24.8 Å². The topological polar surface area (TPSA) is 105 Å². The maximum absolute atomic E-state index is 12.8. The third-order valence-corrected chi connectivity index (χ3v) is 3.94. The van der Waals surface area contributed by atoms with Gasteiger partial charge in [0.15, 0.2) is 11.5 Å². The van der Waals surface area contributed by atoms with Gasteiger partial charge in [0, 0.05) is 18.5 Å². The predicted octanol–water partition coefficient (Wildman–Crippen LogP) is 2.23. The van der Waals surface area contributed by atoms with Crippen molar-refractivity contribution < 1.29 is 29.0 Å². The summed E-state index contributed by atoms with van der Waals surface area (Å²) in [5.41, 5.74) is -0.360. The quantitative estimate of drug-likeness (QED) is 0.800. The summed E-state index contributed by atoms with van der Waals surface area (Å²) in [5.74, 6) is -1.37. The standard InChI is InChI=1S/C18H26N2O6/c1-10(16(22)23)20(5)15(21)11-8-13(25-6)14(26-7)9-12(11)19-17(24)18(2,3)4/h8-10H,1-7H3,(H,19,24)(H,22,23). The van der Waals surface area contributed by atoms with Crippen LogP contribution in [-0.2, 0) is 9.59 Å². The lowest BCUT2D eigenvalue weighted by Gasteiger charge is -2.25. The molecule has 1 rings (SSSR count). The zero-order valence-electron chi connectivity index (χ0n) is 16.2. The van der Waals surface area contributed by atoms with Gasteiger partial charge in [0.1, 0.15) is 6.04 Å². The van der Waals surface area contributed by atoms with Crippen LogP contribution in [0.5, 0.6) is 11.5 Å². The molecule has 1 unspecified atom stereocenters. The lowest BCUT2D eigenvalue weighted by molar-refractivity contribution is -0.141. The summed E-state index contributed by atoms with van der Waals surface area (Å²) in [6.07, 6.45) is 0. The number of ether oxygens (including phenoxy) is 2. The van der Waals surface area contributed by atoms with Crippen LogP contribution in [0.4, 0.5) is 5.69 Å². The highest BCUT2D eigenvalue weighted by molar-refractivity contribution is 6.06. The highest BCUT2D eigenvalue weighted by atomic mass is 16.5. The molecule has 8 heteroatoms. The fourth-order valence-electron chi connectivity index (χ4n) is 2.00. The number of carboxylic acids is 1. The number of methoxy groups -OCH3 is 2. The molecule has 1 atom stereocenters. The lowest BCUT2D eigenvalue weighted by atomic mass is 9.95. The number of nitrogens with zero attached hydrogens (tertiary/aromatic N) is 1. The van der Waals surface area contributed by atoms with E-state index in [0.29, 0.717) is 11.5 Å². The summed E-state index contributed by atoms with van der Waals surface area (Å²) < 4.78 is 10.4. The van der Waals surface area contributed by atoms with Crippen LogP contribution in [0.15, 0.2) is 12.1 Å². The number of amides is 2. The van der Waals surface area contributed by atoms with Gasteiger partial charge in [-0.2, -0.15) is 0 Å². The first-order valence-electron chi connectivity index (χ1n) is 8.01. The van der Waals surface area contributed by atoms with Gasteiger partial charge >= 0.3 is 5.97 Å². The highest BCUT2D eigenvalue weighted by Gasteiger charge is 2.28. The fourth-order valence-corrected chi connectivity index (χ4v) is 2.00. The van der Waals surface area contributed by atoms with Crippen molar-refractivity contribution in [2.24, 2.45) is 5.41 Å². The van der Waals surface area contributed by atoms with Crippen molar-refractivity contribution in [3.05, 3.63) is 17.7 Å². The Balaban J connectivity index is 3.45. The predicted molar refractivity (Wildman–Crippen MR) is 96.8 cm³/mol. The third kappa shape index (κ3) is 4.65. The number of carboxylic acid groups (broad SMARTS) is 1. The molecular weight excluding hydrogens is 340 g/mol. The Labute approximate surface area is 153 Å². The summed E-state index contributed by atoms with van der Waals surface area (Å²) in [5, 5.41) is 11.9. The van der Waals surface area contributed by atoms with Gasteiger partial charge in [-0.1, -0.05) is 20.8 Å². The lowest BCUT2D eigenvalue weighted by Crippen LogP contribution is -2.40. The molecule has 2 N–H and O–H groups in total. The van der Waals surface area contributed by atoms with E-state index in [1.807, 2.05) is 0 Å². The zero-order valence-corrected chi connectivity index (χ0v) is 16.2. The van der Waals surface area contributed by atoms with E-state index in [4.69, 9.17) is 14.6 Å². The third-order valence-electron chi connectivity index (χ3n) is 3.94. The maximum atomic E-state index is 12.8. The molecular formula is C18H26N2O6. The summed E-state index contributed by atoms with van der Waals surface area (Å²) >= 11 is 0. The average Bonchev–Trinajstić information content (AvgIpc) is 2.58. The first-order valence-corrected chi connectivity index (χ1v) is 8.01. The maximum Gasteiger partial charge on any atom is 0.326 e. The van der Waals surface area contributed by atoms with Crippen molar-refractivity contribution >= 4 is 23.5 Å². The van der Waals surface area contributed by atoms with Gasteiger partial charge in [0.25, 0.3) is 5.91 Å². The van der Waals surface area contributed by atoms with Gasteiger partial charge in [-0.3, -0.25) is 9.59 Å². The SMILES string of the molecule is COc1cc(NC(=O)C(C)(C)C)c(C(=O)N(C)C(C)C(=O)O)cc1OC. The molecule has 2 amide bonds. The van der Waals surface area contributed by atoms with E-state index < -0.39 is 23.3 Å². The van der Waals surface area contributed by atoms with Crippen LogP contribution in [0.2, 0.25) is 0 Å². The molecule has 0 aliphatic heterocycles. The van der Waals surface area contributed by atoms with Gasteiger partial charge in [-0.15, -0.1) is 0 Å². The van der Waals surface area contributed by atoms with E-state index in [1.165, 1.54) is 40.3 Å². The number of aliphatic carboxylic acids is 1. The van der Waals surface area contributed by atoms with E-state index >= 15 is 0 Å². The number of likely N-dealkylation sites (N-methyl/N-ethyl adjacent to an activating group) is 1. The van der Waals surface area contributed by atoms with Crippen molar-refractivity contribution in [2.45, 2.75) is 33.7 Å². The van der Waals surface area contributed by atoms with E-state index in [-0.39, 0.29) is 17.2 Å². The van der Waals surface area contributed by atoms with Crippen LogP contribution in [-0.4, -0.2) is 55.1 Å². The molecule has 26 heavy (non-hydrogen) atoms. The van der Waals surface area contributed by atoms with Crippen LogP contribution < -0.4 is 14.8 Å². The Morgan fingerprint density at radius 1 is 1.12 bits per heavy atom. The minimum absolute atomic E-state index is 0.107. The van der Waals surface area contributed by atoms with Crippen LogP contribution in [0.3, 0.4) is 0 Å². The largest absolute Gasteiger partial charge is 0.493 e. The minimum Gasteiger partial charge on any atom is -0.493 e. The molecule has 0 bridgehead atoms. The molecule has 144 valence electrons. The Morgan fingerprint density at radius 2 is 1.62 bits per heavy atom. The fraction of sp³-hybridized carbons (Fsp3) is 0.500. The molecule has 0 saturated carbocycles. The number of rotatable bonds is 6. The summed E-state index contributed by atoms with van der Waals surface area (Å²) in [4.78, 5) is 37.5. The van der Waals surface area contributed by atoms with E-state index in [1.54, 1.807) is 20.8 Å². The van der Waals surface area contributed by atoms with Crippen molar-refractivity contribution in [3.63, 3.8) is 0 Å². The first kappa shape index (κ1) is 21.3. The van der Waals surface area contributed by atoms with Crippen LogP contribution in [0.1, 0.15) is 38.1 Å². The molecule has 0 aliphatic rings. The molecule has 0 radical (unpaired) electrons. The number of hydrogen-bond donors (Lipinski definition) is 2. The number of anilines is 1. The zero-order chi connectivity index (χ0) is 20.2. The van der Waals surface area contributed by atoms with Gasteiger partial charge in [-0.25, -0.2) is 4.79 Å². The molecule has 0 fully saturated rings. The van der Waals surface area contributed by atoms with Crippen LogP contribution in [0, 0.1) is 5.41 Å². The Kier molecular flexibility index (Phi) is 6.60. The molecule has 0 aromatic heterocycles. The van der Waals surface area contributed by atoms with Crippen molar-refractivity contribution in [1.29, 1.82) is 0 Å². The number of benzene rings is 1. The highest BCUT2D eigenvalue weighted by Crippen LogP contribution is 2.35. The molecule has 0 spiro atoms. The molecule has 1 aromatic carbocycles. The number of carbonyl (C=O) groups excluding carboxylic acids is 2. The Bertz CT molecular complexity index is 708. The van der Waals surface area contributed by atoms with Gasteiger partial charge in [0.2, 0.25) is 5.91 Å². The molecule has 0 saturated heterocycles. The molecule has 8 nitrogen and oxygen atoms in total. The van der Waals surface area contributed by atoms with Crippen molar-refractivity contribution in [3.8, 4) is 11.5 Å². The van der Waals surface area contributed by atoms with Gasteiger partial charge in [0.05, 0.1) is 25.5 Å². The van der Waals surface area contributed by atoms with Gasteiger partial charge in [-0.05, 0) is 13.0 Å². The average molecular weight is 366 g/mol. The Morgan fingerprint density at radius 3 is 2.04 bits per heavy atom. The van der Waals surface area contributed by atoms with E-state index in [2.05, 4.69) is 5.32 Å².